The average molecular weight is 452 g/mol. The van der Waals surface area contributed by atoms with Gasteiger partial charge < -0.3 is 15.5 Å². The Bertz CT molecular complexity index is 922. The number of benzene rings is 1. The van der Waals surface area contributed by atoms with Gasteiger partial charge >= 0.3 is 0 Å². The Morgan fingerprint density at radius 1 is 1.09 bits per heavy atom. The van der Waals surface area contributed by atoms with E-state index < -0.39 is 6.04 Å². The summed E-state index contributed by atoms with van der Waals surface area (Å²) in [6.45, 7) is 3.27. The van der Waals surface area contributed by atoms with Crippen LogP contribution in [0.3, 0.4) is 0 Å². The molecule has 2 aliphatic rings. The summed E-state index contributed by atoms with van der Waals surface area (Å²) >= 11 is 0. The van der Waals surface area contributed by atoms with Crippen molar-refractivity contribution in [2.75, 3.05) is 13.6 Å². The van der Waals surface area contributed by atoms with Gasteiger partial charge in [0.25, 0.3) is 0 Å². The SMILES string of the molecule is CN[C@@H](C)C(=O)N[C@H](C(=O)N1CCC[C@H]1c1cnn(Cc2ccccc2)c1)C1CCCCC1. The fraction of sp³-hybridized carbons (Fsp3) is 0.577. The number of aromatic nitrogens is 2. The molecule has 0 radical (unpaired) electrons. The molecule has 2 aromatic rings. The van der Waals surface area contributed by atoms with Crippen molar-refractivity contribution in [3.63, 3.8) is 0 Å². The first kappa shape index (κ1) is 23.5. The van der Waals surface area contributed by atoms with Crippen LogP contribution in [0.15, 0.2) is 42.7 Å². The molecule has 1 saturated heterocycles. The van der Waals surface area contributed by atoms with Crippen molar-refractivity contribution in [3.05, 3.63) is 53.9 Å². The van der Waals surface area contributed by atoms with Gasteiger partial charge in [-0.15, -0.1) is 0 Å². The van der Waals surface area contributed by atoms with Crippen molar-refractivity contribution in [3.8, 4) is 0 Å². The molecule has 4 rings (SSSR count). The number of carbonyl (C=O) groups is 2. The molecule has 2 amide bonds. The molecular formula is C26H37N5O2. The predicted molar refractivity (Wildman–Crippen MR) is 128 cm³/mol. The third-order valence-corrected chi connectivity index (χ3v) is 7.27. The van der Waals surface area contributed by atoms with E-state index in [1.165, 1.54) is 12.0 Å². The summed E-state index contributed by atoms with van der Waals surface area (Å²) in [5.74, 6) is 0.172. The molecule has 0 bridgehead atoms. The highest BCUT2D eigenvalue weighted by Crippen LogP contribution is 2.35. The van der Waals surface area contributed by atoms with E-state index in [2.05, 4.69) is 34.1 Å². The fourth-order valence-electron chi connectivity index (χ4n) is 5.22. The quantitative estimate of drug-likeness (QED) is 0.646. The molecule has 1 aliphatic carbocycles. The maximum atomic E-state index is 13.8. The average Bonchev–Trinajstić information content (AvgIpc) is 3.52. The number of hydrogen-bond acceptors (Lipinski definition) is 4. The van der Waals surface area contributed by atoms with Gasteiger partial charge in [0.2, 0.25) is 11.8 Å². The smallest absolute Gasteiger partial charge is 0.245 e. The van der Waals surface area contributed by atoms with Crippen LogP contribution in [0.1, 0.15) is 69.0 Å². The molecule has 7 nitrogen and oxygen atoms in total. The van der Waals surface area contributed by atoms with Crippen molar-refractivity contribution in [1.29, 1.82) is 0 Å². The van der Waals surface area contributed by atoms with Crippen LogP contribution in [0.5, 0.6) is 0 Å². The van der Waals surface area contributed by atoms with Gasteiger partial charge in [-0.1, -0.05) is 49.6 Å². The number of rotatable bonds is 8. The molecule has 1 aromatic carbocycles. The Hall–Kier alpha value is -2.67. The van der Waals surface area contributed by atoms with Gasteiger partial charge in [0.1, 0.15) is 6.04 Å². The zero-order valence-corrected chi connectivity index (χ0v) is 19.9. The molecule has 1 aliphatic heterocycles. The van der Waals surface area contributed by atoms with Crippen LogP contribution in [0.2, 0.25) is 0 Å². The van der Waals surface area contributed by atoms with Crippen molar-refractivity contribution < 1.29 is 9.59 Å². The number of likely N-dealkylation sites (tertiary alicyclic amines) is 1. The van der Waals surface area contributed by atoms with Crippen LogP contribution in [-0.2, 0) is 16.1 Å². The van der Waals surface area contributed by atoms with E-state index in [9.17, 15) is 9.59 Å². The minimum Gasteiger partial charge on any atom is -0.343 e. The minimum atomic E-state index is -0.450. The van der Waals surface area contributed by atoms with Gasteiger partial charge in [0.05, 0.1) is 24.8 Å². The van der Waals surface area contributed by atoms with Gasteiger partial charge in [-0.25, -0.2) is 0 Å². The lowest BCUT2D eigenvalue weighted by Crippen LogP contribution is -2.55. The molecule has 1 saturated carbocycles. The minimum absolute atomic E-state index is 0.0201. The van der Waals surface area contributed by atoms with Gasteiger partial charge in [-0.2, -0.15) is 5.10 Å². The first-order valence-corrected chi connectivity index (χ1v) is 12.4. The highest BCUT2D eigenvalue weighted by molar-refractivity contribution is 5.90. The molecule has 2 N–H and O–H groups in total. The van der Waals surface area contributed by atoms with Crippen molar-refractivity contribution in [2.24, 2.45) is 5.92 Å². The van der Waals surface area contributed by atoms with Crippen molar-refractivity contribution in [1.82, 2.24) is 25.3 Å². The first-order valence-electron chi connectivity index (χ1n) is 12.4. The van der Waals surface area contributed by atoms with E-state index in [0.717, 1.165) is 50.6 Å². The summed E-state index contributed by atoms with van der Waals surface area (Å²) in [5.41, 5.74) is 2.28. The summed E-state index contributed by atoms with van der Waals surface area (Å²) in [4.78, 5) is 28.5. The second-order valence-electron chi connectivity index (χ2n) is 9.54. The summed E-state index contributed by atoms with van der Waals surface area (Å²) in [6.07, 6.45) is 11.3. The third-order valence-electron chi connectivity index (χ3n) is 7.27. The van der Waals surface area contributed by atoms with E-state index in [1.54, 1.807) is 7.05 Å². The van der Waals surface area contributed by atoms with E-state index in [-0.39, 0.29) is 29.8 Å². The topological polar surface area (TPSA) is 79.3 Å². The van der Waals surface area contributed by atoms with Crippen molar-refractivity contribution in [2.45, 2.75) is 76.5 Å². The maximum absolute atomic E-state index is 13.8. The highest BCUT2D eigenvalue weighted by atomic mass is 16.2. The second-order valence-corrected chi connectivity index (χ2v) is 9.54. The third kappa shape index (κ3) is 5.64. The summed E-state index contributed by atoms with van der Waals surface area (Å²) in [6, 6.07) is 9.51. The second kappa shape index (κ2) is 11.0. The number of carbonyl (C=O) groups excluding carboxylic acids is 2. The summed E-state index contributed by atoms with van der Waals surface area (Å²) in [5, 5.41) is 10.7. The lowest BCUT2D eigenvalue weighted by atomic mass is 9.83. The number of nitrogens with zero attached hydrogens (tertiary/aromatic N) is 3. The Kier molecular flexibility index (Phi) is 7.81. The van der Waals surface area contributed by atoms with Crippen LogP contribution in [-0.4, -0.2) is 52.2 Å². The number of amides is 2. The molecule has 3 atom stereocenters. The molecular weight excluding hydrogens is 414 g/mol. The van der Waals surface area contributed by atoms with Crippen LogP contribution < -0.4 is 10.6 Å². The number of nitrogens with one attached hydrogen (secondary N) is 2. The van der Waals surface area contributed by atoms with Crippen LogP contribution in [0, 0.1) is 5.92 Å². The Labute approximate surface area is 196 Å². The lowest BCUT2D eigenvalue weighted by Gasteiger charge is -2.35. The number of likely N-dealkylation sites (N-methyl/N-ethyl adjacent to an activating group) is 1. The molecule has 0 spiro atoms. The Balaban J connectivity index is 1.50. The largest absolute Gasteiger partial charge is 0.343 e. The summed E-state index contributed by atoms with van der Waals surface area (Å²) < 4.78 is 1.95. The predicted octanol–water partition coefficient (Wildman–Crippen LogP) is 3.27. The van der Waals surface area contributed by atoms with Gasteiger partial charge in [0.15, 0.2) is 0 Å². The molecule has 2 fully saturated rings. The fourth-order valence-corrected chi connectivity index (χ4v) is 5.22. The van der Waals surface area contributed by atoms with Crippen LogP contribution in [0.25, 0.3) is 0 Å². The molecule has 33 heavy (non-hydrogen) atoms. The van der Waals surface area contributed by atoms with Crippen LogP contribution >= 0.6 is 0 Å². The van der Waals surface area contributed by atoms with Gasteiger partial charge in [-0.05, 0) is 51.1 Å². The molecule has 2 heterocycles. The number of hydrogen-bond donors (Lipinski definition) is 2. The monoisotopic (exact) mass is 451 g/mol. The highest BCUT2D eigenvalue weighted by Gasteiger charge is 2.39. The lowest BCUT2D eigenvalue weighted by molar-refractivity contribution is -0.139. The standard InChI is InChI=1S/C26H37N5O2/c1-19(27-2)25(32)29-24(21-12-7-4-8-13-21)26(33)31-15-9-14-23(31)22-16-28-30(18-22)17-20-10-5-3-6-11-20/h3,5-6,10-11,16,18-19,21,23-24,27H,4,7-9,12-15,17H2,1-2H3,(H,29,32)/t19-,23-,24-/m0/s1. The zero-order chi connectivity index (χ0) is 23.2. The molecule has 178 valence electrons. The Morgan fingerprint density at radius 3 is 2.58 bits per heavy atom. The van der Waals surface area contributed by atoms with Crippen molar-refractivity contribution >= 4 is 11.8 Å². The van der Waals surface area contributed by atoms with Gasteiger partial charge in [-0.3, -0.25) is 14.3 Å². The van der Waals surface area contributed by atoms with E-state index >= 15 is 0 Å². The van der Waals surface area contributed by atoms with Crippen LogP contribution in [0.4, 0.5) is 0 Å². The zero-order valence-electron chi connectivity index (χ0n) is 19.9. The molecule has 1 aromatic heterocycles. The maximum Gasteiger partial charge on any atom is 0.245 e. The Morgan fingerprint density at radius 2 is 1.85 bits per heavy atom. The normalized spacial score (nSPS) is 21.0. The molecule has 7 heteroatoms. The molecule has 0 unspecified atom stereocenters. The van der Waals surface area contributed by atoms with E-state index in [1.807, 2.05) is 40.9 Å². The summed E-state index contributed by atoms with van der Waals surface area (Å²) in [7, 11) is 1.77. The van der Waals surface area contributed by atoms with E-state index in [4.69, 9.17) is 0 Å². The van der Waals surface area contributed by atoms with E-state index in [0.29, 0.717) is 6.54 Å². The van der Waals surface area contributed by atoms with Gasteiger partial charge in [0, 0.05) is 18.3 Å². The first-order chi connectivity index (χ1) is 16.1.